The van der Waals surface area contributed by atoms with E-state index in [9.17, 15) is 18.0 Å². The summed E-state index contributed by atoms with van der Waals surface area (Å²) in [5.41, 5.74) is -1.02. The van der Waals surface area contributed by atoms with Gasteiger partial charge < -0.3 is 14.6 Å². The Morgan fingerprint density at radius 2 is 1.90 bits per heavy atom. The third kappa shape index (κ3) is 6.05. The Balaban J connectivity index is 1.57. The SMILES string of the molecule is Cn1c(COc2ccccc2Cl)nnc1SCC(=O)Nc1ccc(Cl)c(C(F)(F)F)c1. The van der Waals surface area contributed by atoms with Crippen molar-refractivity contribution in [2.75, 3.05) is 11.1 Å². The van der Waals surface area contributed by atoms with Crippen LogP contribution >= 0.6 is 35.0 Å². The number of aromatic nitrogens is 3. The van der Waals surface area contributed by atoms with Gasteiger partial charge >= 0.3 is 6.18 Å². The van der Waals surface area contributed by atoms with Crippen molar-refractivity contribution in [3.63, 3.8) is 0 Å². The van der Waals surface area contributed by atoms with E-state index in [1.807, 2.05) is 0 Å². The average molecular weight is 491 g/mol. The topological polar surface area (TPSA) is 69.0 Å². The molecule has 1 amide bonds. The minimum atomic E-state index is -4.62. The summed E-state index contributed by atoms with van der Waals surface area (Å²) in [5, 5.41) is 10.9. The van der Waals surface area contributed by atoms with Crippen molar-refractivity contribution >= 4 is 46.6 Å². The Kier molecular flexibility index (Phi) is 7.34. The van der Waals surface area contributed by atoms with Crippen LogP contribution in [0.2, 0.25) is 10.0 Å². The Morgan fingerprint density at radius 3 is 2.61 bits per heavy atom. The molecule has 0 spiro atoms. The van der Waals surface area contributed by atoms with E-state index in [-0.39, 0.29) is 18.0 Å². The van der Waals surface area contributed by atoms with Crippen LogP contribution in [0.15, 0.2) is 47.6 Å². The van der Waals surface area contributed by atoms with E-state index in [1.165, 1.54) is 6.07 Å². The van der Waals surface area contributed by atoms with Crippen LogP contribution in [0.3, 0.4) is 0 Å². The second kappa shape index (κ2) is 9.80. The maximum absolute atomic E-state index is 12.9. The Morgan fingerprint density at radius 1 is 1.16 bits per heavy atom. The zero-order chi connectivity index (χ0) is 22.6. The van der Waals surface area contributed by atoms with E-state index in [1.54, 1.807) is 35.9 Å². The van der Waals surface area contributed by atoms with Gasteiger partial charge in [-0.25, -0.2) is 0 Å². The van der Waals surface area contributed by atoms with Gasteiger partial charge in [0.25, 0.3) is 0 Å². The fourth-order valence-electron chi connectivity index (χ4n) is 2.45. The zero-order valence-electron chi connectivity index (χ0n) is 15.9. The van der Waals surface area contributed by atoms with E-state index in [4.69, 9.17) is 27.9 Å². The smallest absolute Gasteiger partial charge is 0.417 e. The normalized spacial score (nSPS) is 11.4. The molecule has 1 aromatic heterocycles. The average Bonchev–Trinajstić information content (AvgIpc) is 3.06. The lowest BCUT2D eigenvalue weighted by molar-refractivity contribution is -0.137. The lowest BCUT2D eigenvalue weighted by Crippen LogP contribution is -2.15. The van der Waals surface area contributed by atoms with Gasteiger partial charge in [-0.15, -0.1) is 10.2 Å². The molecule has 0 atom stereocenters. The summed E-state index contributed by atoms with van der Waals surface area (Å²) in [6.07, 6.45) is -4.62. The quantitative estimate of drug-likeness (QED) is 0.446. The highest BCUT2D eigenvalue weighted by Crippen LogP contribution is 2.36. The number of benzene rings is 2. The van der Waals surface area contributed by atoms with Gasteiger partial charge in [-0.3, -0.25) is 4.79 Å². The molecule has 0 fully saturated rings. The molecular weight excluding hydrogens is 476 g/mol. The zero-order valence-corrected chi connectivity index (χ0v) is 18.2. The van der Waals surface area contributed by atoms with Crippen molar-refractivity contribution in [1.82, 2.24) is 14.8 Å². The maximum Gasteiger partial charge on any atom is 0.417 e. The summed E-state index contributed by atoms with van der Waals surface area (Å²) in [6.45, 7) is 0.116. The summed E-state index contributed by atoms with van der Waals surface area (Å²) in [4.78, 5) is 12.2. The lowest BCUT2D eigenvalue weighted by Gasteiger charge is -2.11. The fourth-order valence-corrected chi connectivity index (χ4v) is 3.59. The molecule has 164 valence electrons. The van der Waals surface area contributed by atoms with Crippen molar-refractivity contribution in [3.8, 4) is 5.75 Å². The highest BCUT2D eigenvalue weighted by atomic mass is 35.5. The number of carbonyl (C=O) groups excluding carboxylic acids is 1. The van der Waals surface area contributed by atoms with Crippen LogP contribution in [0.4, 0.5) is 18.9 Å². The second-order valence-electron chi connectivity index (χ2n) is 6.21. The number of alkyl halides is 3. The van der Waals surface area contributed by atoms with Crippen molar-refractivity contribution in [1.29, 1.82) is 0 Å². The fraction of sp³-hybridized carbons (Fsp3) is 0.211. The third-order valence-electron chi connectivity index (χ3n) is 4.01. The molecular formula is C19H15Cl2F3N4O2S. The molecule has 0 saturated carbocycles. The van der Waals surface area contributed by atoms with E-state index < -0.39 is 22.7 Å². The van der Waals surface area contributed by atoms with Crippen LogP contribution in [0.5, 0.6) is 5.75 Å². The predicted molar refractivity (Wildman–Crippen MR) is 113 cm³/mol. The van der Waals surface area contributed by atoms with Gasteiger partial charge in [0.1, 0.15) is 12.4 Å². The monoisotopic (exact) mass is 490 g/mol. The molecule has 3 rings (SSSR count). The minimum Gasteiger partial charge on any atom is -0.484 e. The van der Waals surface area contributed by atoms with Gasteiger partial charge in [0.15, 0.2) is 11.0 Å². The number of rotatable bonds is 7. The van der Waals surface area contributed by atoms with Gasteiger partial charge in [-0.2, -0.15) is 13.2 Å². The molecule has 12 heteroatoms. The molecule has 2 aromatic carbocycles. The molecule has 1 heterocycles. The molecule has 31 heavy (non-hydrogen) atoms. The molecule has 1 N–H and O–H groups in total. The Labute approximate surface area is 189 Å². The van der Waals surface area contributed by atoms with E-state index in [0.29, 0.717) is 21.8 Å². The standard InChI is InChI=1S/C19H15Cl2F3N4O2S/c1-28-16(9-30-15-5-3-2-4-14(15)21)26-27-18(28)31-10-17(29)25-11-6-7-13(20)12(8-11)19(22,23)24/h2-8H,9-10H2,1H3,(H,25,29). The highest BCUT2D eigenvalue weighted by Gasteiger charge is 2.33. The van der Waals surface area contributed by atoms with Crippen molar-refractivity contribution < 1.29 is 22.7 Å². The van der Waals surface area contributed by atoms with Crippen LogP contribution in [0, 0.1) is 0 Å². The number of carbonyl (C=O) groups is 1. The Bertz CT molecular complexity index is 1090. The van der Waals surface area contributed by atoms with Crippen molar-refractivity contribution in [3.05, 3.63) is 63.9 Å². The van der Waals surface area contributed by atoms with Crippen molar-refractivity contribution in [2.24, 2.45) is 7.05 Å². The van der Waals surface area contributed by atoms with Crippen LogP contribution in [0.1, 0.15) is 11.4 Å². The predicted octanol–water partition coefficient (Wildman–Crippen LogP) is 5.45. The first-order valence-corrected chi connectivity index (χ1v) is 10.4. The number of nitrogens with zero attached hydrogens (tertiary/aromatic N) is 3. The second-order valence-corrected chi connectivity index (χ2v) is 7.96. The number of hydrogen-bond donors (Lipinski definition) is 1. The summed E-state index contributed by atoms with van der Waals surface area (Å²) in [6, 6.07) is 10.2. The van der Waals surface area contributed by atoms with Crippen LogP contribution < -0.4 is 10.1 Å². The number of ether oxygens (including phenoxy) is 1. The van der Waals surface area contributed by atoms with Crippen LogP contribution in [0.25, 0.3) is 0 Å². The summed E-state index contributed by atoms with van der Waals surface area (Å²) < 4.78 is 46.1. The molecule has 0 saturated heterocycles. The number of nitrogens with one attached hydrogen (secondary N) is 1. The molecule has 0 aliphatic heterocycles. The van der Waals surface area contributed by atoms with Gasteiger partial charge in [0.2, 0.25) is 5.91 Å². The number of halogens is 5. The third-order valence-corrected chi connectivity index (χ3v) is 5.67. The first-order chi connectivity index (χ1) is 14.6. The molecule has 0 radical (unpaired) electrons. The van der Waals surface area contributed by atoms with E-state index >= 15 is 0 Å². The van der Waals surface area contributed by atoms with Crippen LogP contribution in [-0.2, 0) is 24.6 Å². The summed E-state index contributed by atoms with van der Waals surface area (Å²) >= 11 is 12.7. The molecule has 3 aromatic rings. The Hall–Kier alpha value is -2.43. The van der Waals surface area contributed by atoms with Gasteiger partial charge in [0, 0.05) is 12.7 Å². The molecule has 0 aliphatic carbocycles. The first-order valence-electron chi connectivity index (χ1n) is 8.70. The van der Waals surface area contributed by atoms with E-state index in [2.05, 4.69) is 15.5 Å². The number of anilines is 1. The molecule has 0 aliphatic rings. The summed E-state index contributed by atoms with van der Waals surface area (Å²) in [7, 11) is 1.71. The highest BCUT2D eigenvalue weighted by molar-refractivity contribution is 7.99. The maximum atomic E-state index is 12.9. The van der Waals surface area contributed by atoms with Gasteiger partial charge in [-0.1, -0.05) is 47.1 Å². The van der Waals surface area contributed by atoms with Gasteiger partial charge in [-0.05, 0) is 30.3 Å². The van der Waals surface area contributed by atoms with Crippen molar-refractivity contribution in [2.45, 2.75) is 17.9 Å². The molecule has 6 nitrogen and oxygen atoms in total. The number of para-hydroxylation sites is 1. The number of thioether (sulfide) groups is 1. The van der Waals surface area contributed by atoms with Crippen LogP contribution in [-0.4, -0.2) is 26.4 Å². The van der Waals surface area contributed by atoms with E-state index in [0.717, 1.165) is 23.9 Å². The largest absolute Gasteiger partial charge is 0.484 e. The lowest BCUT2D eigenvalue weighted by atomic mass is 10.2. The first kappa shape index (κ1) is 23.2. The molecule has 0 unspecified atom stereocenters. The summed E-state index contributed by atoms with van der Waals surface area (Å²) in [5.74, 6) is 0.427. The number of amides is 1. The minimum absolute atomic E-state index is 0.00545. The number of hydrogen-bond acceptors (Lipinski definition) is 5. The van der Waals surface area contributed by atoms with Gasteiger partial charge in [0.05, 0.1) is 21.4 Å². The molecule has 0 bridgehead atoms.